The molecule has 0 saturated heterocycles. The molecule has 156 valence electrons. The van der Waals surface area contributed by atoms with Crippen LogP contribution < -0.4 is 9.47 Å². The molecule has 0 radical (unpaired) electrons. The Balaban J connectivity index is 1.20. The molecule has 3 aromatic rings. The fraction of sp³-hybridized carbons (Fsp3) is 0.333. The van der Waals surface area contributed by atoms with Gasteiger partial charge in [0.25, 0.3) is 5.91 Å². The number of nitrogens with one attached hydrogen (secondary N) is 1. The number of rotatable bonds is 8. The molecule has 1 aliphatic rings. The number of benzene rings is 2. The number of hydrogen-bond acceptors (Lipinski definition) is 4. The minimum Gasteiger partial charge on any atom is -0.486 e. The van der Waals surface area contributed by atoms with Crippen molar-refractivity contribution in [2.24, 2.45) is 0 Å². The summed E-state index contributed by atoms with van der Waals surface area (Å²) in [6.45, 7) is 1.79. The van der Waals surface area contributed by atoms with Gasteiger partial charge in [0.05, 0.1) is 5.69 Å². The summed E-state index contributed by atoms with van der Waals surface area (Å²) in [4.78, 5) is 14.4. The number of aromatic nitrogens is 2. The minimum absolute atomic E-state index is 0.00745. The summed E-state index contributed by atoms with van der Waals surface area (Å²) in [6.07, 6.45) is 4.03. The van der Waals surface area contributed by atoms with Gasteiger partial charge in [-0.05, 0) is 43.5 Å². The van der Waals surface area contributed by atoms with Crippen molar-refractivity contribution in [1.82, 2.24) is 15.1 Å². The lowest BCUT2D eigenvalue weighted by Crippen LogP contribution is -2.28. The summed E-state index contributed by atoms with van der Waals surface area (Å²) in [6, 6.07) is 17.7. The molecule has 0 atom stereocenters. The fourth-order valence-electron chi connectivity index (χ4n) is 3.59. The lowest BCUT2D eigenvalue weighted by atomic mass is 10.1. The molecule has 0 unspecified atom stereocenters. The highest BCUT2D eigenvalue weighted by atomic mass is 16.6. The first-order valence-electron chi connectivity index (χ1n) is 10.5. The molecule has 0 saturated carbocycles. The Hall–Kier alpha value is -3.28. The maximum atomic E-state index is 12.7. The minimum atomic E-state index is 0.00745. The zero-order chi connectivity index (χ0) is 20.8. The van der Waals surface area contributed by atoms with Crippen molar-refractivity contribution in [2.75, 3.05) is 26.8 Å². The van der Waals surface area contributed by atoms with E-state index in [2.05, 4.69) is 28.4 Å². The molecule has 1 N–H and O–H groups in total. The van der Waals surface area contributed by atoms with E-state index in [1.54, 1.807) is 17.0 Å². The molecule has 6 heteroatoms. The van der Waals surface area contributed by atoms with Crippen LogP contribution >= 0.6 is 0 Å². The number of H-pyrrole nitrogens is 1. The van der Waals surface area contributed by atoms with E-state index >= 15 is 0 Å². The summed E-state index contributed by atoms with van der Waals surface area (Å²) >= 11 is 0. The zero-order valence-electron chi connectivity index (χ0n) is 17.3. The lowest BCUT2D eigenvalue weighted by Gasteiger charge is -2.21. The summed E-state index contributed by atoms with van der Waals surface area (Å²) in [7, 11) is 1.85. The Morgan fingerprint density at radius 3 is 2.63 bits per heavy atom. The first-order chi connectivity index (χ1) is 14.7. The standard InChI is InChI=1S/C24H27N3O3/c1-27(24(28)19-11-12-22-23(16-19)30-15-14-29-22)13-7-3-6-10-20-17-21(26-25-20)18-8-4-2-5-9-18/h2,4-5,8-9,11-12,16-17H,3,6-7,10,13-15H2,1H3,(H,25,26). The average molecular weight is 405 g/mol. The normalized spacial score (nSPS) is 12.6. The van der Waals surface area contributed by atoms with E-state index in [-0.39, 0.29) is 5.91 Å². The molecule has 6 nitrogen and oxygen atoms in total. The number of aromatic amines is 1. The first-order valence-corrected chi connectivity index (χ1v) is 10.5. The maximum Gasteiger partial charge on any atom is 0.253 e. The van der Waals surface area contributed by atoms with Gasteiger partial charge in [0.2, 0.25) is 0 Å². The number of aryl methyl sites for hydroxylation is 1. The van der Waals surface area contributed by atoms with E-state index in [4.69, 9.17) is 9.47 Å². The fourth-order valence-corrected chi connectivity index (χ4v) is 3.59. The second-order valence-electron chi connectivity index (χ2n) is 7.54. The van der Waals surface area contributed by atoms with E-state index in [0.29, 0.717) is 30.3 Å². The highest BCUT2D eigenvalue weighted by molar-refractivity contribution is 5.94. The third-order valence-corrected chi connectivity index (χ3v) is 5.28. The van der Waals surface area contributed by atoms with Crippen molar-refractivity contribution in [3.63, 3.8) is 0 Å². The predicted molar refractivity (Wildman–Crippen MR) is 116 cm³/mol. The molecule has 0 bridgehead atoms. The molecule has 0 aliphatic carbocycles. The maximum absolute atomic E-state index is 12.7. The Labute approximate surface area is 176 Å². The molecule has 1 aliphatic heterocycles. The molecule has 1 aromatic heterocycles. The monoisotopic (exact) mass is 405 g/mol. The lowest BCUT2D eigenvalue weighted by molar-refractivity contribution is 0.0791. The van der Waals surface area contributed by atoms with Gasteiger partial charge in [0.1, 0.15) is 13.2 Å². The van der Waals surface area contributed by atoms with Crippen LogP contribution in [-0.4, -0.2) is 47.8 Å². The second-order valence-corrected chi connectivity index (χ2v) is 7.54. The highest BCUT2D eigenvalue weighted by Crippen LogP contribution is 2.31. The third-order valence-electron chi connectivity index (χ3n) is 5.28. The van der Waals surface area contributed by atoms with Crippen LogP contribution in [0.25, 0.3) is 11.3 Å². The van der Waals surface area contributed by atoms with Crippen LogP contribution in [0.15, 0.2) is 54.6 Å². The number of amides is 1. The van der Waals surface area contributed by atoms with Crippen molar-refractivity contribution < 1.29 is 14.3 Å². The largest absolute Gasteiger partial charge is 0.486 e. The number of fused-ring (bicyclic) bond motifs is 1. The Morgan fingerprint density at radius 1 is 1.00 bits per heavy atom. The van der Waals surface area contributed by atoms with Gasteiger partial charge in [-0.2, -0.15) is 5.10 Å². The first kappa shape index (κ1) is 20.0. The number of hydrogen-bond donors (Lipinski definition) is 1. The van der Waals surface area contributed by atoms with E-state index in [1.807, 2.05) is 31.3 Å². The number of unbranched alkanes of at least 4 members (excludes halogenated alkanes) is 2. The van der Waals surface area contributed by atoms with Gasteiger partial charge in [0, 0.05) is 30.4 Å². The molecule has 0 fully saturated rings. The Morgan fingerprint density at radius 2 is 1.80 bits per heavy atom. The summed E-state index contributed by atoms with van der Waals surface area (Å²) in [5, 5.41) is 7.54. The average Bonchev–Trinajstić information content (AvgIpc) is 3.27. The molecule has 2 aromatic carbocycles. The van der Waals surface area contributed by atoms with Gasteiger partial charge in [-0.3, -0.25) is 9.89 Å². The SMILES string of the molecule is CN(CCCCCc1cc(-c2ccccc2)n[nH]1)C(=O)c1ccc2c(c1)OCCO2. The van der Waals surface area contributed by atoms with Crippen molar-refractivity contribution in [3.8, 4) is 22.8 Å². The smallest absolute Gasteiger partial charge is 0.253 e. The Kier molecular flexibility index (Phi) is 6.32. The number of carbonyl (C=O) groups is 1. The van der Waals surface area contributed by atoms with Crippen LogP contribution in [-0.2, 0) is 6.42 Å². The van der Waals surface area contributed by atoms with Gasteiger partial charge in [0.15, 0.2) is 11.5 Å². The molecule has 2 heterocycles. The quantitative estimate of drug-likeness (QED) is 0.567. The second kappa shape index (κ2) is 9.48. The van der Waals surface area contributed by atoms with Crippen LogP contribution in [0, 0.1) is 0 Å². The van der Waals surface area contributed by atoms with E-state index < -0.39 is 0 Å². The Bertz CT molecular complexity index is 984. The molecule has 0 spiro atoms. The third kappa shape index (κ3) is 4.82. The van der Waals surface area contributed by atoms with Gasteiger partial charge in [-0.25, -0.2) is 0 Å². The van der Waals surface area contributed by atoms with Crippen LogP contribution in [0.2, 0.25) is 0 Å². The number of nitrogens with zero attached hydrogens (tertiary/aromatic N) is 2. The molecular weight excluding hydrogens is 378 g/mol. The molecule has 1 amide bonds. The van der Waals surface area contributed by atoms with Crippen molar-refractivity contribution in [1.29, 1.82) is 0 Å². The van der Waals surface area contributed by atoms with E-state index in [0.717, 1.165) is 49.2 Å². The van der Waals surface area contributed by atoms with Crippen LogP contribution in [0.5, 0.6) is 11.5 Å². The number of ether oxygens (including phenoxy) is 2. The summed E-state index contributed by atoms with van der Waals surface area (Å²) in [5.74, 6) is 1.36. The van der Waals surface area contributed by atoms with Crippen molar-refractivity contribution in [3.05, 3.63) is 65.9 Å². The summed E-state index contributed by atoms with van der Waals surface area (Å²) < 4.78 is 11.1. The van der Waals surface area contributed by atoms with Gasteiger partial charge in [-0.15, -0.1) is 0 Å². The van der Waals surface area contributed by atoms with E-state index in [1.165, 1.54) is 0 Å². The van der Waals surface area contributed by atoms with Gasteiger partial charge >= 0.3 is 0 Å². The molecule has 4 rings (SSSR count). The number of carbonyl (C=O) groups excluding carboxylic acids is 1. The molecule has 30 heavy (non-hydrogen) atoms. The van der Waals surface area contributed by atoms with Gasteiger partial charge < -0.3 is 14.4 Å². The van der Waals surface area contributed by atoms with Gasteiger partial charge in [-0.1, -0.05) is 36.8 Å². The summed E-state index contributed by atoms with van der Waals surface area (Å²) in [5.41, 5.74) is 3.89. The van der Waals surface area contributed by atoms with Crippen LogP contribution in [0.3, 0.4) is 0 Å². The van der Waals surface area contributed by atoms with Crippen molar-refractivity contribution in [2.45, 2.75) is 25.7 Å². The van der Waals surface area contributed by atoms with Crippen LogP contribution in [0.4, 0.5) is 0 Å². The molecular formula is C24H27N3O3. The topological polar surface area (TPSA) is 67.5 Å². The zero-order valence-corrected chi connectivity index (χ0v) is 17.3. The van der Waals surface area contributed by atoms with E-state index in [9.17, 15) is 4.79 Å². The highest BCUT2D eigenvalue weighted by Gasteiger charge is 2.17. The van der Waals surface area contributed by atoms with Crippen molar-refractivity contribution >= 4 is 5.91 Å². The predicted octanol–water partition coefficient (Wildman–Crippen LogP) is 4.33. The van der Waals surface area contributed by atoms with Crippen LogP contribution in [0.1, 0.15) is 35.3 Å².